The minimum Gasteiger partial charge on any atom is -0.378 e. The minimum atomic E-state index is -3.52. The van der Waals surface area contributed by atoms with E-state index >= 15 is 0 Å². The molecule has 0 radical (unpaired) electrons. The van der Waals surface area contributed by atoms with E-state index in [-0.39, 0.29) is 4.90 Å². The molecule has 0 aromatic heterocycles. The lowest BCUT2D eigenvalue weighted by molar-refractivity contribution is 0.580. The third-order valence-electron chi connectivity index (χ3n) is 3.78. The summed E-state index contributed by atoms with van der Waals surface area (Å²) in [6.07, 6.45) is 3.21. The van der Waals surface area contributed by atoms with Gasteiger partial charge in [-0.05, 0) is 67.6 Å². The van der Waals surface area contributed by atoms with E-state index in [1.807, 2.05) is 43.3 Å². The first-order chi connectivity index (χ1) is 12.9. The van der Waals surface area contributed by atoms with E-state index < -0.39 is 10.0 Å². The molecule has 0 aliphatic carbocycles. The average Bonchev–Trinajstić information content (AvgIpc) is 2.67. The molecule has 8 heteroatoms. The van der Waals surface area contributed by atoms with E-state index in [1.165, 1.54) is 12.1 Å². The number of nitrogens with zero attached hydrogens (tertiary/aromatic N) is 4. The second kappa shape index (κ2) is 9.94. The van der Waals surface area contributed by atoms with Crippen LogP contribution in [-0.4, -0.2) is 42.3 Å². The molecule has 144 valence electrons. The largest absolute Gasteiger partial charge is 0.378 e. The molecule has 2 aromatic rings. The van der Waals surface area contributed by atoms with E-state index in [0.29, 0.717) is 18.7 Å². The van der Waals surface area contributed by atoms with E-state index in [2.05, 4.69) is 19.9 Å². The van der Waals surface area contributed by atoms with Crippen LogP contribution < -0.4 is 9.62 Å². The molecule has 0 atom stereocenters. The zero-order valence-electron chi connectivity index (χ0n) is 15.8. The van der Waals surface area contributed by atoms with Crippen LogP contribution in [0.5, 0.6) is 0 Å². The van der Waals surface area contributed by atoms with E-state index in [4.69, 9.17) is 0 Å². The van der Waals surface area contributed by atoms with Gasteiger partial charge in [0.15, 0.2) is 0 Å². The van der Waals surface area contributed by atoms with Gasteiger partial charge in [0.25, 0.3) is 0 Å². The lowest BCUT2D eigenvalue weighted by Gasteiger charge is -2.11. The number of benzene rings is 2. The van der Waals surface area contributed by atoms with Gasteiger partial charge in [-0.15, -0.1) is 0 Å². The van der Waals surface area contributed by atoms with Crippen LogP contribution in [0.4, 0.5) is 17.1 Å². The maximum absolute atomic E-state index is 12.2. The first-order valence-corrected chi connectivity index (χ1v) is 10.1. The lowest BCUT2D eigenvalue weighted by Crippen LogP contribution is -2.24. The number of hydrogen-bond acceptors (Lipinski definition) is 6. The van der Waals surface area contributed by atoms with Gasteiger partial charge in [0.1, 0.15) is 0 Å². The van der Waals surface area contributed by atoms with Crippen LogP contribution in [0.1, 0.15) is 12.8 Å². The second-order valence-corrected chi connectivity index (χ2v) is 7.85. The molecule has 1 N–H and O–H groups in total. The summed E-state index contributed by atoms with van der Waals surface area (Å²) in [6, 6.07) is 14.0. The van der Waals surface area contributed by atoms with E-state index in [9.17, 15) is 8.42 Å². The zero-order valence-corrected chi connectivity index (χ0v) is 16.6. The van der Waals surface area contributed by atoms with Crippen LogP contribution in [0, 0.1) is 0 Å². The number of rotatable bonds is 9. The summed E-state index contributed by atoms with van der Waals surface area (Å²) in [5, 5.41) is 8.33. The van der Waals surface area contributed by atoms with Crippen LogP contribution in [-0.2, 0) is 10.0 Å². The summed E-state index contributed by atoms with van der Waals surface area (Å²) in [7, 11) is 2.13. The molecule has 2 rings (SSSR count). The Balaban J connectivity index is 1.97. The van der Waals surface area contributed by atoms with Gasteiger partial charge in [-0.1, -0.05) is 0 Å². The van der Waals surface area contributed by atoms with Crippen LogP contribution in [0.3, 0.4) is 0 Å². The highest BCUT2D eigenvalue weighted by Gasteiger charge is 2.12. The van der Waals surface area contributed by atoms with Gasteiger partial charge in [0.2, 0.25) is 10.0 Å². The Morgan fingerprint density at radius 2 is 1.52 bits per heavy atom. The number of anilines is 1. The van der Waals surface area contributed by atoms with Crippen molar-refractivity contribution in [3.05, 3.63) is 48.5 Å². The smallest absolute Gasteiger partial charge is 0.240 e. The predicted molar refractivity (Wildman–Crippen MR) is 110 cm³/mol. The molecule has 0 unspecified atom stereocenters. The van der Waals surface area contributed by atoms with Gasteiger partial charge in [-0.3, -0.25) is 0 Å². The maximum atomic E-state index is 12.2. The summed E-state index contributed by atoms with van der Waals surface area (Å²) in [5.74, 6) is 0. The van der Waals surface area contributed by atoms with Crippen LogP contribution in [0.15, 0.2) is 68.6 Å². The van der Waals surface area contributed by atoms with Crippen molar-refractivity contribution < 1.29 is 8.42 Å². The maximum Gasteiger partial charge on any atom is 0.240 e. The monoisotopic (exact) mass is 387 g/mol. The third-order valence-corrected chi connectivity index (χ3v) is 5.26. The Hall–Kier alpha value is -2.58. The molecule has 0 saturated carbocycles. The van der Waals surface area contributed by atoms with Gasteiger partial charge in [-0.2, -0.15) is 10.2 Å². The molecule has 0 bridgehead atoms. The Morgan fingerprint density at radius 3 is 2.04 bits per heavy atom. The van der Waals surface area contributed by atoms with Crippen molar-refractivity contribution in [1.82, 2.24) is 4.72 Å². The Morgan fingerprint density at radius 1 is 0.963 bits per heavy atom. The Bertz CT molecular complexity index is 873. The van der Waals surface area contributed by atoms with Crippen LogP contribution in [0.2, 0.25) is 0 Å². The molecule has 27 heavy (non-hydrogen) atoms. The van der Waals surface area contributed by atoms with Crippen molar-refractivity contribution in [1.29, 1.82) is 0 Å². The standard InChI is InChI=1S/C19H25N5O2S/c1-20-14-4-5-15-21-27(25,26)19-12-8-17(9-13-19)23-22-16-6-10-18(11-7-16)24(2)3/h6-14,21H,4-5,15H2,1-3H3/b20-14?,23-22+. The molecule has 2 aromatic carbocycles. The zero-order chi connectivity index (χ0) is 19.7. The summed E-state index contributed by atoms with van der Waals surface area (Å²) in [5.41, 5.74) is 2.40. The second-order valence-electron chi connectivity index (χ2n) is 6.09. The van der Waals surface area contributed by atoms with Gasteiger partial charge >= 0.3 is 0 Å². The SMILES string of the molecule is CN=CCCCNS(=O)(=O)c1ccc(/N=N/c2ccc(N(C)C)cc2)cc1. The number of aliphatic imine (C=N–C) groups is 1. The molecular weight excluding hydrogens is 362 g/mol. The molecular formula is C19H25N5O2S. The average molecular weight is 388 g/mol. The molecule has 0 amide bonds. The molecule has 0 heterocycles. The fourth-order valence-corrected chi connectivity index (χ4v) is 3.31. The summed E-state index contributed by atoms with van der Waals surface area (Å²) in [6.45, 7) is 0.374. The number of unbranched alkanes of at least 4 members (excludes halogenated alkanes) is 1. The van der Waals surface area contributed by atoms with E-state index in [0.717, 1.165) is 17.8 Å². The molecule has 0 aliphatic heterocycles. The fraction of sp³-hybridized carbons (Fsp3) is 0.316. The first kappa shape index (κ1) is 20.7. The van der Waals surface area contributed by atoms with Crippen molar-refractivity contribution in [3.63, 3.8) is 0 Å². The highest BCUT2D eigenvalue weighted by molar-refractivity contribution is 7.89. The van der Waals surface area contributed by atoms with Gasteiger partial charge < -0.3 is 9.89 Å². The van der Waals surface area contributed by atoms with Crippen LogP contribution >= 0.6 is 0 Å². The summed E-state index contributed by atoms with van der Waals surface area (Å²) < 4.78 is 27.1. The quantitative estimate of drug-likeness (QED) is 0.402. The molecule has 0 fully saturated rings. The van der Waals surface area contributed by atoms with Crippen molar-refractivity contribution in [2.45, 2.75) is 17.7 Å². The number of azo groups is 1. The molecule has 7 nitrogen and oxygen atoms in total. The Kier molecular flexibility index (Phi) is 7.63. The van der Waals surface area contributed by atoms with Crippen molar-refractivity contribution in [2.24, 2.45) is 15.2 Å². The highest BCUT2D eigenvalue weighted by atomic mass is 32.2. The van der Waals surface area contributed by atoms with Gasteiger partial charge in [0, 0.05) is 33.4 Å². The summed E-state index contributed by atoms with van der Waals surface area (Å²) in [4.78, 5) is 6.08. The molecule has 0 saturated heterocycles. The van der Waals surface area contributed by atoms with Crippen molar-refractivity contribution in [3.8, 4) is 0 Å². The molecule has 0 aliphatic rings. The minimum absolute atomic E-state index is 0.209. The van der Waals surface area contributed by atoms with Gasteiger partial charge in [-0.25, -0.2) is 13.1 Å². The third kappa shape index (κ3) is 6.58. The lowest BCUT2D eigenvalue weighted by atomic mass is 10.3. The van der Waals surface area contributed by atoms with Crippen molar-refractivity contribution in [2.75, 3.05) is 32.6 Å². The van der Waals surface area contributed by atoms with Crippen LogP contribution in [0.25, 0.3) is 0 Å². The Labute approximate surface area is 160 Å². The normalized spacial score (nSPS) is 12.1. The number of hydrogen-bond donors (Lipinski definition) is 1. The predicted octanol–water partition coefficient (Wildman–Crippen LogP) is 3.93. The first-order valence-electron chi connectivity index (χ1n) is 8.62. The number of sulfonamides is 1. The number of nitrogens with one attached hydrogen (secondary N) is 1. The highest BCUT2D eigenvalue weighted by Crippen LogP contribution is 2.22. The van der Waals surface area contributed by atoms with E-state index in [1.54, 1.807) is 25.4 Å². The summed E-state index contributed by atoms with van der Waals surface area (Å²) >= 11 is 0. The fourth-order valence-electron chi connectivity index (χ4n) is 2.24. The van der Waals surface area contributed by atoms with Crippen molar-refractivity contribution >= 4 is 33.3 Å². The topological polar surface area (TPSA) is 86.5 Å². The van der Waals surface area contributed by atoms with Gasteiger partial charge in [0.05, 0.1) is 16.3 Å². The molecule has 0 spiro atoms.